The molecule has 2 heterocycles. The molecule has 0 amide bonds. The van der Waals surface area contributed by atoms with Crippen molar-refractivity contribution in [1.29, 1.82) is 0 Å². The van der Waals surface area contributed by atoms with Crippen LogP contribution >= 0.6 is 0 Å². The van der Waals surface area contributed by atoms with Crippen molar-refractivity contribution >= 4 is 5.82 Å². The Morgan fingerprint density at radius 3 is 3.00 bits per heavy atom. The van der Waals surface area contributed by atoms with Gasteiger partial charge in [-0.3, -0.25) is 0 Å². The first-order chi connectivity index (χ1) is 10.2. The Morgan fingerprint density at radius 2 is 2.24 bits per heavy atom. The van der Waals surface area contributed by atoms with Crippen LogP contribution in [0.3, 0.4) is 0 Å². The second-order valence-corrected chi connectivity index (χ2v) is 6.05. The Hall–Kier alpha value is -1.13. The molecule has 0 radical (unpaired) electrons. The zero-order valence-electron chi connectivity index (χ0n) is 13.7. The molecule has 1 atom stereocenters. The van der Waals surface area contributed by atoms with E-state index in [9.17, 15) is 0 Å². The van der Waals surface area contributed by atoms with E-state index in [1.807, 2.05) is 6.20 Å². The number of ether oxygens (including phenoxy) is 1. The maximum atomic E-state index is 5.04. The van der Waals surface area contributed by atoms with E-state index in [0.717, 1.165) is 26.2 Å². The molecular formula is C17H29N3O. The van der Waals surface area contributed by atoms with Crippen molar-refractivity contribution in [2.45, 2.75) is 52.1 Å². The molecule has 4 nitrogen and oxygen atoms in total. The molecule has 1 aliphatic rings. The lowest BCUT2D eigenvalue weighted by Crippen LogP contribution is -2.33. The van der Waals surface area contributed by atoms with Gasteiger partial charge in [0.05, 0.1) is 6.61 Å². The molecule has 21 heavy (non-hydrogen) atoms. The molecule has 1 fully saturated rings. The maximum absolute atomic E-state index is 5.04. The van der Waals surface area contributed by atoms with Crippen LogP contribution in [0.4, 0.5) is 5.82 Å². The third-order valence-corrected chi connectivity index (χ3v) is 4.24. The Bertz CT molecular complexity index is 436. The molecule has 0 aliphatic carbocycles. The normalized spacial score (nSPS) is 19.6. The molecule has 1 saturated heterocycles. The van der Waals surface area contributed by atoms with Crippen molar-refractivity contribution < 1.29 is 4.74 Å². The number of nitrogens with one attached hydrogen (secondary N) is 1. The number of aryl methyl sites for hydroxylation is 1. The van der Waals surface area contributed by atoms with Crippen LogP contribution in [0.5, 0.6) is 0 Å². The molecule has 4 heteroatoms. The van der Waals surface area contributed by atoms with Gasteiger partial charge >= 0.3 is 0 Å². The molecule has 0 spiro atoms. The van der Waals surface area contributed by atoms with Crippen LogP contribution in [0.15, 0.2) is 12.3 Å². The number of hydrogen-bond donors (Lipinski definition) is 1. The van der Waals surface area contributed by atoms with Gasteiger partial charge in [0.2, 0.25) is 0 Å². The van der Waals surface area contributed by atoms with Crippen molar-refractivity contribution in [2.24, 2.45) is 0 Å². The second kappa shape index (κ2) is 8.35. The highest BCUT2D eigenvalue weighted by Gasteiger charge is 2.19. The first kappa shape index (κ1) is 16.2. The first-order valence-corrected chi connectivity index (χ1v) is 8.14. The fourth-order valence-corrected chi connectivity index (χ4v) is 3.02. The SMILES string of the molecule is COCCNCc1cnc(N2CCCCCC2C)c(C)c1. The number of anilines is 1. The minimum Gasteiger partial charge on any atom is -0.383 e. The minimum absolute atomic E-state index is 0.601. The third-order valence-electron chi connectivity index (χ3n) is 4.24. The summed E-state index contributed by atoms with van der Waals surface area (Å²) in [6.07, 6.45) is 7.27. The summed E-state index contributed by atoms with van der Waals surface area (Å²) in [6, 6.07) is 2.86. The van der Waals surface area contributed by atoms with Gasteiger partial charge in [-0.1, -0.05) is 12.8 Å². The highest BCUT2D eigenvalue weighted by Crippen LogP contribution is 2.25. The van der Waals surface area contributed by atoms with Gasteiger partial charge in [0, 0.05) is 39.0 Å². The summed E-state index contributed by atoms with van der Waals surface area (Å²) >= 11 is 0. The van der Waals surface area contributed by atoms with E-state index in [0.29, 0.717) is 6.04 Å². The van der Waals surface area contributed by atoms with Crippen molar-refractivity contribution in [3.8, 4) is 0 Å². The third kappa shape index (κ3) is 4.68. The minimum atomic E-state index is 0.601. The van der Waals surface area contributed by atoms with Gasteiger partial charge in [0.25, 0.3) is 0 Å². The van der Waals surface area contributed by atoms with Crippen LogP contribution < -0.4 is 10.2 Å². The van der Waals surface area contributed by atoms with Gasteiger partial charge in [-0.25, -0.2) is 4.98 Å². The van der Waals surface area contributed by atoms with Crippen LogP contribution in [-0.4, -0.2) is 37.8 Å². The summed E-state index contributed by atoms with van der Waals surface area (Å²) in [7, 11) is 1.73. The summed E-state index contributed by atoms with van der Waals surface area (Å²) in [5.41, 5.74) is 2.53. The molecule has 1 unspecified atom stereocenters. The van der Waals surface area contributed by atoms with Crippen molar-refractivity contribution in [3.63, 3.8) is 0 Å². The largest absolute Gasteiger partial charge is 0.383 e. The molecule has 1 N–H and O–H groups in total. The fraction of sp³-hybridized carbons (Fsp3) is 0.706. The van der Waals surface area contributed by atoms with Crippen LogP contribution in [0.1, 0.15) is 43.7 Å². The van der Waals surface area contributed by atoms with Gasteiger partial charge in [0.15, 0.2) is 0 Å². The van der Waals surface area contributed by atoms with Gasteiger partial charge in [-0.2, -0.15) is 0 Å². The molecular weight excluding hydrogens is 262 g/mol. The van der Waals surface area contributed by atoms with Gasteiger partial charge in [-0.05, 0) is 43.9 Å². The number of methoxy groups -OCH3 is 1. The topological polar surface area (TPSA) is 37.4 Å². The van der Waals surface area contributed by atoms with Crippen LogP contribution in [0.25, 0.3) is 0 Å². The van der Waals surface area contributed by atoms with Gasteiger partial charge in [0.1, 0.15) is 5.82 Å². The molecule has 0 aromatic carbocycles. The molecule has 2 rings (SSSR count). The molecule has 0 saturated carbocycles. The standard InChI is InChI=1S/C17H29N3O/c1-14-11-16(12-18-8-10-21-3)13-19-17(14)20-9-6-4-5-7-15(20)2/h11,13,15,18H,4-10,12H2,1-3H3. The van der Waals surface area contributed by atoms with E-state index in [4.69, 9.17) is 9.72 Å². The number of hydrogen-bond acceptors (Lipinski definition) is 4. The van der Waals surface area contributed by atoms with E-state index in [2.05, 4.69) is 30.1 Å². The zero-order valence-corrected chi connectivity index (χ0v) is 13.7. The highest BCUT2D eigenvalue weighted by molar-refractivity contribution is 5.48. The van der Waals surface area contributed by atoms with E-state index >= 15 is 0 Å². The second-order valence-electron chi connectivity index (χ2n) is 6.05. The van der Waals surface area contributed by atoms with E-state index < -0.39 is 0 Å². The predicted molar refractivity (Wildman–Crippen MR) is 87.8 cm³/mol. The molecule has 1 aliphatic heterocycles. The van der Waals surface area contributed by atoms with Crippen molar-refractivity contribution in [1.82, 2.24) is 10.3 Å². The maximum Gasteiger partial charge on any atom is 0.131 e. The monoisotopic (exact) mass is 291 g/mol. The van der Waals surface area contributed by atoms with E-state index in [1.165, 1.54) is 42.6 Å². The Morgan fingerprint density at radius 1 is 1.38 bits per heavy atom. The summed E-state index contributed by atoms with van der Waals surface area (Å²) < 4.78 is 5.04. The van der Waals surface area contributed by atoms with Crippen LogP contribution in [0, 0.1) is 6.92 Å². The van der Waals surface area contributed by atoms with Gasteiger partial charge < -0.3 is 15.0 Å². The Labute approximate surface area is 128 Å². The highest BCUT2D eigenvalue weighted by atomic mass is 16.5. The van der Waals surface area contributed by atoms with Gasteiger partial charge in [-0.15, -0.1) is 0 Å². The van der Waals surface area contributed by atoms with Crippen molar-refractivity contribution in [2.75, 3.05) is 31.7 Å². The fourth-order valence-electron chi connectivity index (χ4n) is 3.02. The predicted octanol–water partition coefficient (Wildman–Crippen LogP) is 2.89. The summed E-state index contributed by atoms with van der Waals surface area (Å²) in [5, 5.41) is 3.37. The van der Waals surface area contributed by atoms with E-state index in [-0.39, 0.29) is 0 Å². The Kier molecular flexibility index (Phi) is 6.46. The lowest BCUT2D eigenvalue weighted by Gasteiger charge is -2.29. The average Bonchev–Trinajstić information content (AvgIpc) is 2.69. The van der Waals surface area contributed by atoms with Crippen LogP contribution in [0.2, 0.25) is 0 Å². The molecule has 118 valence electrons. The number of aromatic nitrogens is 1. The zero-order chi connectivity index (χ0) is 15.1. The quantitative estimate of drug-likeness (QED) is 0.818. The lowest BCUT2D eigenvalue weighted by molar-refractivity contribution is 0.199. The Balaban J connectivity index is 2.00. The number of pyridine rings is 1. The molecule has 0 bridgehead atoms. The number of rotatable bonds is 6. The lowest BCUT2D eigenvalue weighted by atomic mass is 10.1. The van der Waals surface area contributed by atoms with Crippen LogP contribution in [-0.2, 0) is 11.3 Å². The molecule has 1 aromatic heterocycles. The summed E-state index contributed by atoms with van der Waals surface area (Å²) in [6.45, 7) is 8.12. The average molecular weight is 291 g/mol. The first-order valence-electron chi connectivity index (χ1n) is 8.14. The summed E-state index contributed by atoms with van der Waals surface area (Å²) in [5.74, 6) is 1.17. The smallest absolute Gasteiger partial charge is 0.131 e. The number of nitrogens with zero attached hydrogens (tertiary/aromatic N) is 2. The van der Waals surface area contributed by atoms with E-state index in [1.54, 1.807) is 7.11 Å². The molecule has 1 aromatic rings. The summed E-state index contributed by atoms with van der Waals surface area (Å²) in [4.78, 5) is 7.24. The van der Waals surface area contributed by atoms with Crippen molar-refractivity contribution in [3.05, 3.63) is 23.4 Å².